The molecule has 2 aromatic rings. The summed E-state index contributed by atoms with van der Waals surface area (Å²) >= 11 is 3.47. The standard InChI is InChI=1S/C14H14BrN3O2/c15-12-6-2-1-4-10(12)8-20-9-11-5-3-7-17-13(11)14(16)18-19/h1-7,19H,8-9H2,(H2,16,18). The molecule has 2 rings (SSSR count). The number of nitrogens with zero attached hydrogens (tertiary/aromatic N) is 2. The molecule has 0 aliphatic rings. The van der Waals surface area contributed by atoms with Gasteiger partial charge in [-0.15, -0.1) is 0 Å². The number of rotatable bonds is 5. The predicted octanol–water partition coefficient (Wildman–Crippen LogP) is 2.66. The number of oxime groups is 1. The Morgan fingerprint density at radius 3 is 2.65 bits per heavy atom. The van der Waals surface area contributed by atoms with E-state index < -0.39 is 0 Å². The van der Waals surface area contributed by atoms with Gasteiger partial charge in [-0.25, -0.2) is 0 Å². The summed E-state index contributed by atoms with van der Waals surface area (Å²) in [5, 5.41) is 11.7. The fourth-order valence-electron chi connectivity index (χ4n) is 1.72. The van der Waals surface area contributed by atoms with Crippen LogP contribution in [0.4, 0.5) is 0 Å². The molecule has 0 aliphatic heterocycles. The SMILES string of the molecule is N/C(=N/O)c1ncccc1COCc1ccccc1Br. The summed E-state index contributed by atoms with van der Waals surface area (Å²) in [5.74, 6) is -0.0231. The molecule has 0 atom stereocenters. The quantitative estimate of drug-likeness (QED) is 0.381. The van der Waals surface area contributed by atoms with Gasteiger partial charge < -0.3 is 15.7 Å². The lowest BCUT2D eigenvalue weighted by Gasteiger charge is -2.09. The number of pyridine rings is 1. The van der Waals surface area contributed by atoms with Gasteiger partial charge in [-0.1, -0.05) is 45.4 Å². The van der Waals surface area contributed by atoms with Crippen LogP contribution in [0.3, 0.4) is 0 Å². The normalized spacial score (nSPS) is 11.6. The Morgan fingerprint density at radius 2 is 1.90 bits per heavy atom. The smallest absolute Gasteiger partial charge is 0.189 e. The predicted molar refractivity (Wildman–Crippen MR) is 79.4 cm³/mol. The molecule has 5 nitrogen and oxygen atoms in total. The van der Waals surface area contributed by atoms with E-state index in [4.69, 9.17) is 15.7 Å². The zero-order valence-corrected chi connectivity index (χ0v) is 12.2. The van der Waals surface area contributed by atoms with Crippen molar-refractivity contribution in [2.24, 2.45) is 10.9 Å². The first-order chi connectivity index (χ1) is 9.72. The first-order valence-corrected chi connectivity index (χ1v) is 6.74. The number of benzene rings is 1. The van der Waals surface area contributed by atoms with Crippen molar-refractivity contribution in [2.45, 2.75) is 13.2 Å². The van der Waals surface area contributed by atoms with E-state index in [-0.39, 0.29) is 5.84 Å². The number of hydrogen-bond acceptors (Lipinski definition) is 4. The van der Waals surface area contributed by atoms with Crippen LogP contribution in [-0.2, 0) is 18.0 Å². The highest BCUT2D eigenvalue weighted by Crippen LogP contribution is 2.17. The van der Waals surface area contributed by atoms with E-state index in [1.807, 2.05) is 30.3 Å². The minimum absolute atomic E-state index is 0.0231. The summed E-state index contributed by atoms with van der Waals surface area (Å²) < 4.78 is 6.66. The molecule has 0 aliphatic carbocycles. The lowest BCUT2D eigenvalue weighted by atomic mass is 10.2. The van der Waals surface area contributed by atoms with Crippen LogP contribution >= 0.6 is 15.9 Å². The van der Waals surface area contributed by atoms with Gasteiger partial charge in [-0.05, 0) is 17.7 Å². The molecule has 1 heterocycles. The minimum atomic E-state index is -0.0231. The van der Waals surface area contributed by atoms with E-state index in [0.717, 1.165) is 15.6 Å². The van der Waals surface area contributed by atoms with Crippen LogP contribution in [0.2, 0.25) is 0 Å². The molecule has 0 bridgehead atoms. The maximum atomic E-state index is 8.73. The van der Waals surface area contributed by atoms with Crippen LogP contribution in [0.5, 0.6) is 0 Å². The maximum Gasteiger partial charge on any atom is 0.189 e. The van der Waals surface area contributed by atoms with Gasteiger partial charge in [0.2, 0.25) is 0 Å². The second-order valence-electron chi connectivity index (χ2n) is 4.08. The van der Waals surface area contributed by atoms with Gasteiger partial charge in [-0.3, -0.25) is 4.98 Å². The number of aromatic nitrogens is 1. The largest absolute Gasteiger partial charge is 0.409 e. The van der Waals surface area contributed by atoms with Crippen molar-refractivity contribution in [3.8, 4) is 0 Å². The third kappa shape index (κ3) is 3.55. The van der Waals surface area contributed by atoms with Crippen molar-refractivity contribution in [3.63, 3.8) is 0 Å². The van der Waals surface area contributed by atoms with E-state index in [2.05, 4.69) is 26.1 Å². The summed E-state index contributed by atoms with van der Waals surface area (Å²) in [6, 6.07) is 11.5. The van der Waals surface area contributed by atoms with Crippen LogP contribution in [0.1, 0.15) is 16.8 Å². The van der Waals surface area contributed by atoms with Crippen LogP contribution in [-0.4, -0.2) is 16.0 Å². The van der Waals surface area contributed by atoms with Crippen molar-refractivity contribution >= 4 is 21.8 Å². The first kappa shape index (κ1) is 14.5. The van der Waals surface area contributed by atoms with E-state index >= 15 is 0 Å². The topological polar surface area (TPSA) is 80.7 Å². The molecule has 6 heteroatoms. The van der Waals surface area contributed by atoms with Crippen LogP contribution in [0, 0.1) is 0 Å². The number of ether oxygens (including phenoxy) is 1. The molecule has 0 fully saturated rings. The van der Waals surface area contributed by atoms with Crippen molar-refractivity contribution in [3.05, 3.63) is 63.9 Å². The first-order valence-electron chi connectivity index (χ1n) is 5.95. The van der Waals surface area contributed by atoms with Gasteiger partial charge in [0, 0.05) is 16.2 Å². The van der Waals surface area contributed by atoms with Crippen molar-refractivity contribution in [1.82, 2.24) is 4.98 Å². The summed E-state index contributed by atoms with van der Waals surface area (Å²) in [6.07, 6.45) is 1.59. The van der Waals surface area contributed by atoms with Gasteiger partial charge in [0.15, 0.2) is 5.84 Å². The Bertz CT molecular complexity index is 617. The van der Waals surface area contributed by atoms with Crippen molar-refractivity contribution < 1.29 is 9.94 Å². The number of hydrogen-bond donors (Lipinski definition) is 2. The fraction of sp³-hybridized carbons (Fsp3) is 0.143. The Hall–Kier alpha value is -1.92. The highest BCUT2D eigenvalue weighted by Gasteiger charge is 2.08. The Labute approximate surface area is 125 Å². The Balaban J connectivity index is 2.03. The zero-order chi connectivity index (χ0) is 14.4. The average molecular weight is 336 g/mol. The number of amidine groups is 1. The van der Waals surface area contributed by atoms with Gasteiger partial charge in [0.05, 0.1) is 13.2 Å². The van der Waals surface area contributed by atoms with Crippen LogP contribution < -0.4 is 5.73 Å². The highest BCUT2D eigenvalue weighted by atomic mass is 79.9. The van der Waals surface area contributed by atoms with Gasteiger partial charge in [-0.2, -0.15) is 0 Å². The molecule has 1 aromatic heterocycles. The molecule has 0 unspecified atom stereocenters. The molecule has 0 amide bonds. The van der Waals surface area contributed by atoms with E-state index in [1.165, 1.54) is 0 Å². The van der Waals surface area contributed by atoms with Crippen molar-refractivity contribution in [1.29, 1.82) is 0 Å². The lowest BCUT2D eigenvalue weighted by molar-refractivity contribution is 0.106. The van der Waals surface area contributed by atoms with Gasteiger partial charge >= 0.3 is 0 Å². The second kappa shape index (κ2) is 7.02. The highest BCUT2D eigenvalue weighted by molar-refractivity contribution is 9.10. The molecular formula is C14H14BrN3O2. The molecule has 20 heavy (non-hydrogen) atoms. The lowest BCUT2D eigenvalue weighted by Crippen LogP contribution is -2.17. The van der Waals surface area contributed by atoms with E-state index in [0.29, 0.717) is 18.9 Å². The number of nitrogens with two attached hydrogens (primary N) is 1. The Morgan fingerprint density at radius 1 is 1.20 bits per heavy atom. The van der Waals surface area contributed by atoms with Gasteiger partial charge in [0.1, 0.15) is 5.69 Å². The molecule has 0 saturated carbocycles. The van der Waals surface area contributed by atoms with Crippen LogP contribution in [0.15, 0.2) is 52.2 Å². The molecule has 1 aromatic carbocycles. The average Bonchev–Trinajstić information content (AvgIpc) is 2.49. The molecular weight excluding hydrogens is 322 g/mol. The summed E-state index contributed by atoms with van der Waals surface area (Å²) in [6.45, 7) is 0.798. The molecule has 0 radical (unpaired) electrons. The minimum Gasteiger partial charge on any atom is -0.409 e. The monoisotopic (exact) mass is 335 g/mol. The van der Waals surface area contributed by atoms with E-state index in [9.17, 15) is 0 Å². The fourth-order valence-corrected chi connectivity index (χ4v) is 2.12. The second-order valence-corrected chi connectivity index (χ2v) is 4.93. The summed E-state index contributed by atoms with van der Waals surface area (Å²) in [5.41, 5.74) is 7.84. The molecule has 0 saturated heterocycles. The molecule has 3 N–H and O–H groups in total. The Kier molecular flexibility index (Phi) is 5.09. The van der Waals surface area contributed by atoms with Crippen molar-refractivity contribution in [2.75, 3.05) is 0 Å². The molecule has 0 spiro atoms. The summed E-state index contributed by atoms with van der Waals surface area (Å²) in [7, 11) is 0. The maximum absolute atomic E-state index is 8.73. The third-order valence-corrected chi connectivity index (χ3v) is 3.49. The van der Waals surface area contributed by atoms with Gasteiger partial charge in [0.25, 0.3) is 0 Å². The number of halogens is 1. The third-order valence-electron chi connectivity index (χ3n) is 2.71. The van der Waals surface area contributed by atoms with Crippen LogP contribution in [0.25, 0.3) is 0 Å². The van der Waals surface area contributed by atoms with E-state index in [1.54, 1.807) is 12.3 Å². The zero-order valence-electron chi connectivity index (χ0n) is 10.7. The molecule has 104 valence electrons. The summed E-state index contributed by atoms with van der Waals surface area (Å²) in [4.78, 5) is 4.09.